The standard InChI is InChI=1S/C12H14N4O/c1-12(2,9-6-4-3-5-7-9)10(17)15-11-13-8-14-16-11/h3-8H,1-2H3,(H2,13,14,15,16,17). The second kappa shape index (κ2) is 4.37. The molecule has 17 heavy (non-hydrogen) atoms. The molecule has 1 heterocycles. The van der Waals surface area contributed by atoms with E-state index in [9.17, 15) is 4.79 Å². The minimum Gasteiger partial charge on any atom is -0.294 e. The Balaban J connectivity index is 2.18. The maximum atomic E-state index is 12.1. The van der Waals surface area contributed by atoms with Crippen LogP contribution >= 0.6 is 0 Å². The lowest BCUT2D eigenvalue weighted by molar-refractivity contribution is -0.120. The summed E-state index contributed by atoms with van der Waals surface area (Å²) in [6, 6.07) is 9.62. The third kappa shape index (κ3) is 2.33. The zero-order valence-electron chi connectivity index (χ0n) is 9.77. The summed E-state index contributed by atoms with van der Waals surface area (Å²) in [7, 11) is 0. The molecule has 1 aromatic heterocycles. The summed E-state index contributed by atoms with van der Waals surface area (Å²) >= 11 is 0. The third-order valence-electron chi connectivity index (χ3n) is 2.71. The summed E-state index contributed by atoms with van der Waals surface area (Å²) in [5.41, 5.74) is 0.339. The number of nitrogens with one attached hydrogen (secondary N) is 2. The molecule has 0 fully saturated rings. The van der Waals surface area contributed by atoms with Crippen LogP contribution < -0.4 is 5.32 Å². The van der Waals surface area contributed by atoms with Crippen LogP contribution in [0.4, 0.5) is 5.95 Å². The number of hydrogen-bond acceptors (Lipinski definition) is 3. The molecule has 0 unspecified atom stereocenters. The molecule has 2 rings (SSSR count). The average molecular weight is 230 g/mol. The van der Waals surface area contributed by atoms with Crippen LogP contribution in [-0.4, -0.2) is 21.1 Å². The van der Waals surface area contributed by atoms with E-state index in [1.807, 2.05) is 44.2 Å². The molecule has 2 N–H and O–H groups in total. The number of nitrogens with zero attached hydrogens (tertiary/aromatic N) is 2. The van der Waals surface area contributed by atoms with E-state index >= 15 is 0 Å². The molecular formula is C12H14N4O. The summed E-state index contributed by atoms with van der Waals surface area (Å²) < 4.78 is 0. The van der Waals surface area contributed by atoms with Crippen molar-refractivity contribution in [3.05, 3.63) is 42.2 Å². The zero-order valence-corrected chi connectivity index (χ0v) is 9.77. The molecule has 2 aromatic rings. The molecule has 0 aliphatic carbocycles. The topological polar surface area (TPSA) is 70.7 Å². The lowest BCUT2D eigenvalue weighted by Gasteiger charge is -2.23. The smallest absolute Gasteiger partial charge is 0.236 e. The van der Waals surface area contributed by atoms with Gasteiger partial charge >= 0.3 is 0 Å². The van der Waals surface area contributed by atoms with Crippen molar-refractivity contribution in [2.45, 2.75) is 19.3 Å². The highest BCUT2D eigenvalue weighted by atomic mass is 16.2. The van der Waals surface area contributed by atoms with Gasteiger partial charge in [0.2, 0.25) is 11.9 Å². The van der Waals surface area contributed by atoms with Crippen molar-refractivity contribution >= 4 is 11.9 Å². The molecule has 0 saturated heterocycles. The Morgan fingerprint density at radius 1 is 1.29 bits per heavy atom. The number of hydrogen-bond donors (Lipinski definition) is 2. The molecule has 88 valence electrons. The first-order valence-electron chi connectivity index (χ1n) is 5.33. The minimum absolute atomic E-state index is 0.125. The zero-order chi connectivity index (χ0) is 12.3. The van der Waals surface area contributed by atoms with Crippen molar-refractivity contribution in [3.8, 4) is 0 Å². The van der Waals surface area contributed by atoms with Gasteiger partial charge < -0.3 is 0 Å². The molecule has 0 aliphatic rings. The van der Waals surface area contributed by atoms with Crippen LogP contribution in [0.25, 0.3) is 0 Å². The van der Waals surface area contributed by atoms with Crippen molar-refractivity contribution in [2.75, 3.05) is 5.32 Å². The predicted octanol–water partition coefficient (Wildman–Crippen LogP) is 1.72. The van der Waals surface area contributed by atoms with Crippen LogP contribution in [0.15, 0.2) is 36.7 Å². The molecule has 0 aliphatic heterocycles. The minimum atomic E-state index is -0.617. The van der Waals surface area contributed by atoms with Gasteiger partial charge in [0.15, 0.2) is 0 Å². The number of carbonyl (C=O) groups is 1. The van der Waals surface area contributed by atoms with Gasteiger partial charge in [-0.1, -0.05) is 30.3 Å². The second-order valence-corrected chi connectivity index (χ2v) is 4.28. The van der Waals surface area contributed by atoms with Gasteiger partial charge in [0.1, 0.15) is 6.33 Å². The van der Waals surface area contributed by atoms with Crippen molar-refractivity contribution in [2.24, 2.45) is 0 Å². The second-order valence-electron chi connectivity index (χ2n) is 4.28. The van der Waals surface area contributed by atoms with E-state index in [1.54, 1.807) is 0 Å². The van der Waals surface area contributed by atoms with Gasteiger partial charge in [-0.2, -0.15) is 10.1 Å². The van der Waals surface area contributed by atoms with Gasteiger partial charge in [-0.05, 0) is 19.4 Å². The molecular weight excluding hydrogens is 216 g/mol. The number of aromatic nitrogens is 3. The van der Waals surface area contributed by atoms with E-state index in [4.69, 9.17) is 0 Å². The summed E-state index contributed by atoms with van der Waals surface area (Å²) in [6.45, 7) is 3.74. The number of H-pyrrole nitrogens is 1. The van der Waals surface area contributed by atoms with Gasteiger partial charge in [0, 0.05) is 0 Å². The number of aromatic amines is 1. The average Bonchev–Trinajstić information content (AvgIpc) is 2.83. The Bertz CT molecular complexity index is 490. The predicted molar refractivity (Wildman–Crippen MR) is 64.5 cm³/mol. The first kappa shape index (κ1) is 11.3. The van der Waals surface area contributed by atoms with E-state index in [0.29, 0.717) is 5.95 Å². The van der Waals surface area contributed by atoms with Crippen LogP contribution in [-0.2, 0) is 10.2 Å². The molecule has 5 heteroatoms. The lowest BCUT2D eigenvalue weighted by Crippen LogP contribution is -2.35. The number of carbonyl (C=O) groups excluding carboxylic acids is 1. The van der Waals surface area contributed by atoms with Gasteiger partial charge in [-0.25, -0.2) is 5.10 Å². The maximum absolute atomic E-state index is 12.1. The normalized spacial score (nSPS) is 11.2. The number of rotatable bonds is 3. The van der Waals surface area contributed by atoms with E-state index in [0.717, 1.165) is 5.56 Å². The monoisotopic (exact) mass is 230 g/mol. The molecule has 1 amide bonds. The summed E-state index contributed by atoms with van der Waals surface area (Å²) in [4.78, 5) is 16.0. The fourth-order valence-electron chi connectivity index (χ4n) is 1.52. The Morgan fingerprint density at radius 2 is 2.00 bits per heavy atom. The fourth-order valence-corrected chi connectivity index (χ4v) is 1.52. The van der Waals surface area contributed by atoms with Crippen molar-refractivity contribution in [3.63, 3.8) is 0 Å². The highest BCUT2D eigenvalue weighted by Gasteiger charge is 2.30. The van der Waals surface area contributed by atoms with Crippen molar-refractivity contribution in [1.82, 2.24) is 15.2 Å². The van der Waals surface area contributed by atoms with Gasteiger partial charge in [-0.15, -0.1) is 0 Å². The molecule has 1 aromatic carbocycles. The van der Waals surface area contributed by atoms with E-state index in [-0.39, 0.29) is 5.91 Å². The maximum Gasteiger partial charge on any atom is 0.236 e. The summed E-state index contributed by atoms with van der Waals surface area (Å²) in [5, 5.41) is 8.97. The molecule has 0 radical (unpaired) electrons. The first-order valence-corrected chi connectivity index (χ1v) is 5.33. The van der Waals surface area contributed by atoms with Gasteiger partial charge in [-0.3, -0.25) is 10.1 Å². The van der Waals surface area contributed by atoms with E-state index < -0.39 is 5.41 Å². The van der Waals surface area contributed by atoms with Gasteiger partial charge in [0.05, 0.1) is 5.41 Å². The number of benzene rings is 1. The molecule has 0 bridgehead atoms. The highest BCUT2D eigenvalue weighted by Crippen LogP contribution is 2.23. The number of amides is 1. The van der Waals surface area contributed by atoms with Crippen molar-refractivity contribution in [1.29, 1.82) is 0 Å². The molecule has 0 spiro atoms. The van der Waals surface area contributed by atoms with Crippen LogP contribution in [0.5, 0.6) is 0 Å². The Morgan fingerprint density at radius 3 is 2.59 bits per heavy atom. The van der Waals surface area contributed by atoms with Crippen LogP contribution in [0.2, 0.25) is 0 Å². The largest absolute Gasteiger partial charge is 0.294 e. The fraction of sp³-hybridized carbons (Fsp3) is 0.250. The molecule has 0 atom stereocenters. The van der Waals surface area contributed by atoms with Crippen LogP contribution in [0.1, 0.15) is 19.4 Å². The SMILES string of the molecule is CC(C)(C(=O)Nc1ncn[nH]1)c1ccccc1. The van der Waals surface area contributed by atoms with Crippen LogP contribution in [0, 0.1) is 0 Å². The highest BCUT2D eigenvalue weighted by molar-refractivity contribution is 5.97. The Labute approximate surface area is 99.3 Å². The molecule has 0 saturated carbocycles. The van der Waals surface area contributed by atoms with Crippen LogP contribution in [0.3, 0.4) is 0 Å². The van der Waals surface area contributed by atoms with E-state index in [2.05, 4.69) is 20.5 Å². The summed E-state index contributed by atoms with van der Waals surface area (Å²) in [6.07, 6.45) is 1.35. The van der Waals surface area contributed by atoms with Crippen molar-refractivity contribution < 1.29 is 4.79 Å². The van der Waals surface area contributed by atoms with E-state index in [1.165, 1.54) is 6.33 Å². The first-order chi connectivity index (χ1) is 8.10. The summed E-state index contributed by atoms with van der Waals surface area (Å²) in [5.74, 6) is 0.236. The number of anilines is 1. The van der Waals surface area contributed by atoms with Gasteiger partial charge in [0.25, 0.3) is 0 Å². The third-order valence-corrected chi connectivity index (χ3v) is 2.71. The lowest BCUT2D eigenvalue weighted by atomic mass is 9.84. The Kier molecular flexibility index (Phi) is 2.91. The quantitative estimate of drug-likeness (QED) is 0.843. The Hall–Kier alpha value is -2.17. The molecule has 5 nitrogen and oxygen atoms in total.